The van der Waals surface area contributed by atoms with Crippen LogP contribution in [-0.2, 0) is 19.1 Å². The number of nitrogens with zero attached hydrogens (tertiary/aromatic N) is 1. The van der Waals surface area contributed by atoms with Crippen molar-refractivity contribution in [3.63, 3.8) is 0 Å². The number of thioether (sulfide) groups is 1. The molecule has 0 radical (unpaired) electrons. The normalized spacial score (nSPS) is 42.9. The Kier molecular flexibility index (Phi) is 9.91. The summed E-state index contributed by atoms with van der Waals surface area (Å²) in [5, 5.41) is 16.5. The number of likely N-dealkylation sites (tertiary alicyclic amines) is 1. The summed E-state index contributed by atoms with van der Waals surface area (Å²) in [6, 6.07) is 0.335. The smallest absolute Gasteiger partial charge is 0.346 e. The highest BCUT2D eigenvalue weighted by atomic mass is 35.5. The Balaban J connectivity index is 1.16. The van der Waals surface area contributed by atoms with Crippen LogP contribution in [0.2, 0.25) is 0 Å². The SMILES string of the molecule is COC1CNC(Cl)CC1C1CC(C)NCC1C(=O)NC1NC2CN(C(=O)C3CCCNC3OC(F)F)CC2S1. The van der Waals surface area contributed by atoms with Gasteiger partial charge in [-0.05, 0) is 51.0 Å². The van der Waals surface area contributed by atoms with Crippen molar-refractivity contribution in [2.75, 3.05) is 39.8 Å². The van der Waals surface area contributed by atoms with E-state index >= 15 is 0 Å². The number of halogens is 3. The van der Waals surface area contributed by atoms with Gasteiger partial charge >= 0.3 is 6.61 Å². The van der Waals surface area contributed by atoms with Crippen LogP contribution in [0.15, 0.2) is 0 Å². The third-order valence-corrected chi connectivity index (χ3v) is 10.7. The third kappa shape index (κ3) is 6.82. The molecule has 222 valence electrons. The van der Waals surface area contributed by atoms with Crippen LogP contribution in [0, 0.1) is 23.7 Å². The van der Waals surface area contributed by atoms with E-state index in [9.17, 15) is 18.4 Å². The molecule has 10 nitrogen and oxygen atoms in total. The van der Waals surface area contributed by atoms with Crippen LogP contribution >= 0.6 is 23.4 Å². The summed E-state index contributed by atoms with van der Waals surface area (Å²) in [4.78, 5) is 28.5. The number of carbonyl (C=O) groups is 2. The van der Waals surface area contributed by atoms with E-state index in [1.165, 1.54) is 0 Å². The highest BCUT2D eigenvalue weighted by Gasteiger charge is 2.48. The first-order valence-corrected chi connectivity index (χ1v) is 15.4. The van der Waals surface area contributed by atoms with E-state index in [1.807, 2.05) is 0 Å². The summed E-state index contributed by atoms with van der Waals surface area (Å²) in [5.74, 6) is -0.615. The molecule has 5 rings (SSSR count). The number of alkyl halides is 3. The second-order valence-electron chi connectivity index (χ2n) is 11.5. The van der Waals surface area contributed by atoms with Gasteiger partial charge in [0.05, 0.1) is 23.4 Å². The molecule has 0 saturated carbocycles. The van der Waals surface area contributed by atoms with Crippen LogP contribution in [0.3, 0.4) is 0 Å². The number of ether oxygens (including phenoxy) is 2. The zero-order chi connectivity index (χ0) is 27.7. The van der Waals surface area contributed by atoms with Crippen molar-refractivity contribution in [2.24, 2.45) is 23.7 Å². The molecule has 5 aliphatic rings. The van der Waals surface area contributed by atoms with Gasteiger partial charge in [0.25, 0.3) is 0 Å². The molecular formula is C25H41ClF2N6O4S. The minimum atomic E-state index is -2.93. The lowest BCUT2D eigenvalue weighted by atomic mass is 9.70. The molecular weight excluding hydrogens is 554 g/mol. The number of piperidine rings is 3. The molecule has 0 aromatic carbocycles. The maximum Gasteiger partial charge on any atom is 0.346 e. The van der Waals surface area contributed by atoms with Gasteiger partial charge in [-0.1, -0.05) is 0 Å². The average molecular weight is 595 g/mol. The van der Waals surface area contributed by atoms with Crippen molar-refractivity contribution >= 4 is 35.2 Å². The molecule has 39 heavy (non-hydrogen) atoms. The monoisotopic (exact) mass is 594 g/mol. The number of fused-ring (bicyclic) bond motifs is 1. The zero-order valence-corrected chi connectivity index (χ0v) is 24.0. The number of carbonyl (C=O) groups excluding carboxylic acids is 2. The van der Waals surface area contributed by atoms with Crippen LogP contribution < -0.4 is 26.6 Å². The average Bonchev–Trinajstić information content (AvgIpc) is 3.47. The van der Waals surface area contributed by atoms with Crippen LogP contribution in [0.4, 0.5) is 8.78 Å². The molecule has 5 saturated heterocycles. The van der Waals surface area contributed by atoms with Gasteiger partial charge in [-0.2, -0.15) is 8.78 Å². The van der Waals surface area contributed by atoms with Gasteiger partial charge in [-0.25, -0.2) is 0 Å². The summed E-state index contributed by atoms with van der Waals surface area (Å²) in [7, 11) is 1.72. The fourth-order valence-electron chi connectivity index (χ4n) is 7.05. The van der Waals surface area contributed by atoms with Gasteiger partial charge in [-0.15, -0.1) is 23.4 Å². The number of methoxy groups -OCH3 is 1. The third-order valence-electron chi connectivity index (χ3n) is 9.01. The molecule has 0 spiro atoms. The zero-order valence-electron chi connectivity index (χ0n) is 22.4. The van der Waals surface area contributed by atoms with Crippen molar-refractivity contribution in [2.45, 2.75) is 79.9 Å². The first kappa shape index (κ1) is 29.7. The molecule has 5 heterocycles. The number of nitrogens with one attached hydrogen (secondary N) is 5. The second-order valence-corrected chi connectivity index (χ2v) is 13.3. The Morgan fingerprint density at radius 2 is 1.92 bits per heavy atom. The first-order chi connectivity index (χ1) is 18.7. The molecule has 2 amide bonds. The quantitative estimate of drug-likeness (QED) is 0.214. The number of rotatable bonds is 7. The lowest BCUT2D eigenvalue weighted by Crippen LogP contribution is -2.57. The molecule has 5 fully saturated rings. The molecule has 14 heteroatoms. The van der Waals surface area contributed by atoms with E-state index in [0.717, 1.165) is 19.3 Å². The minimum Gasteiger partial charge on any atom is -0.380 e. The van der Waals surface area contributed by atoms with E-state index in [4.69, 9.17) is 21.1 Å². The summed E-state index contributed by atoms with van der Waals surface area (Å²) in [6.07, 6.45) is 1.95. The number of amides is 2. The molecule has 0 aliphatic carbocycles. The Hall–Kier alpha value is -0.800. The van der Waals surface area contributed by atoms with E-state index in [0.29, 0.717) is 45.2 Å². The topological polar surface area (TPSA) is 116 Å². The molecule has 11 atom stereocenters. The van der Waals surface area contributed by atoms with Crippen molar-refractivity contribution in [3.8, 4) is 0 Å². The largest absolute Gasteiger partial charge is 0.380 e. The van der Waals surface area contributed by atoms with Gasteiger partial charge in [0.15, 0.2) is 0 Å². The van der Waals surface area contributed by atoms with Gasteiger partial charge in [-0.3, -0.25) is 25.5 Å². The van der Waals surface area contributed by atoms with Crippen LogP contribution in [0.25, 0.3) is 0 Å². The Bertz CT molecular complexity index is 868. The Morgan fingerprint density at radius 3 is 2.67 bits per heavy atom. The van der Waals surface area contributed by atoms with E-state index in [-0.39, 0.29) is 58.0 Å². The molecule has 0 aromatic heterocycles. The van der Waals surface area contributed by atoms with Crippen molar-refractivity contribution in [1.29, 1.82) is 0 Å². The lowest BCUT2D eigenvalue weighted by molar-refractivity contribution is -0.194. The van der Waals surface area contributed by atoms with Gasteiger partial charge in [0.2, 0.25) is 11.8 Å². The van der Waals surface area contributed by atoms with Crippen LogP contribution in [-0.4, -0.2) is 104 Å². The predicted molar refractivity (Wildman–Crippen MR) is 144 cm³/mol. The van der Waals surface area contributed by atoms with Gasteiger partial charge in [0.1, 0.15) is 11.7 Å². The number of hydrogen-bond acceptors (Lipinski definition) is 9. The van der Waals surface area contributed by atoms with Crippen LogP contribution in [0.1, 0.15) is 32.6 Å². The maximum atomic E-state index is 13.6. The molecule has 5 aliphatic heterocycles. The second kappa shape index (κ2) is 13.0. The predicted octanol–water partition coefficient (Wildman–Crippen LogP) is 0.671. The van der Waals surface area contributed by atoms with Crippen molar-refractivity contribution in [1.82, 2.24) is 31.5 Å². The molecule has 5 N–H and O–H groups in total. The molecule has 11 unspecified atom stereocenters. The summed E-state index contributed by atoms with van der Waals surface area (Å²) in [5.41, 5.74) is -0.378. The highest BCUT2D eigenvalue weighted by molar-refractivity contribution is 8.00. The Morgan fingerprint density at radius 1 is 1.10 bits per heavy atom. The Labute approximate surface area is 237 Å². The minimum absolute atomic E-state index is 0.0112. The fraction of sp³-hybridized carbons (Fsp3) is 0.920. The van der Waals surface area contributed by atoms with Crippen molar-refractivity contribution < 1.29 is 27.8 Å². The van der Waals surface area contributed by atoms with Gasteiger partial charge in [0, 0.05) is 50.6 Å². The van der Waals surface area contributed by atoms with E-state index < -0.39 is 18.8 Å². The van der Waals surface area contributed by atoms with Crippen molar-refractivity contribution in [3.05, 3.63) is 0 Å². The molecule has 0 bridgehead atoms. The summed E-state index contributed by atoms with van der Waals surface area (Å²) < 4.78 is 36.2. The first-order valence-electron chi connectivity index (χ1n) is 14.0. The highest BCUT2D eigenvalue weighted by Crippen LogP contribution is 2.39. The van der Waals surface area contributed by atoms with Crippen LogP contribution in [0.5, 0.6) is 0 Å². The molecule has 0 aromatic rings. The van der Waals surface area contributed by atoms with Gasteiger partial charge < -0.3 is 25.0 Å². The number of hydrogen-bond donors (Lipinski definition) is 5. The summed E-state index contributed by atoms with van der Waals surface area (Å²) >= 11 is 8.07. The van der Waals surface area contributed by atoms with E-state index in [1.54, 1.807) is 23.8 Å². The standard InChI is InChI=1S/C25H41ClF2N6O4S/c1-12-6-14(15-7-20(26)31-9-18(15)37-2)16(8-30-12)21(35)33-25-32-17-10-34(11-19(17)39-25)23(36)13-4-3-5-29-22(13)38-24(27)28/h12-20,22,24-25,29-32H,3-11H2,1-2H3,(H,33,35). The maximum absolute atomic E-state index is 13.6. The lowest BCUT2D eigenvalue weighted by Gasteiger charge is -2.45. The van der Waals surface area contributed by atoms with E-state index in [2.05, 4.69) is 33.5 Å². The summed E-state index contributed by atoms with van der Waals surface area (Å²) in [6.45, 7) is 2.05. The fourth-order valence-corrected chi connectivity index (χ4v) is 8.75.